The highest BCUT2D eigenvalue weighted by Crippen LogP contribution is 2.25. The third-order valence-electron chi connectivity index (χ3n) is 4.79. The zero-order valence-corrected chi connectivity index (χ0v) is 14.6. The molecule has 1 fully saturated rings. The third kappa shape index (κ3) is 4.66. The number of nitrogens with one attached hydrogen (secondary N) is 1. The molecule has 1 N–H and O–H groups in total. The molecule has 0 aromatic heterocycles. The number of amides is 1. The monoisotopic (exact) mass is 341 g/mol. The number of nitriles is 1. The van der Waals surface area contributed by atoms with Gasteiger partial charge < -0.3 is 5.32 Å². The van der Waals surface area contributed by atoms with Crippen molar-refractivity contribution in [2.75, 3.05) is 0 Å². The third-order valence-corrected chi connectivity index (χ3v) is 4.79. The van der Waals surface area contributed by atoms with Gasteiger partial charge in [0.1, 0.15) is 11.6 Å². The Hall–Kier alpha value is -2.68. The molecule has 1 aliphatic carbocycles. The van der Waals surface area contributed by atoms with Crippen LogP contribution in [0.15, 0.2) is 23.8 Å². The average molecular weight is 341 g/mol. The average Bonchev–Trinajstić information content (AvgIpc) is 2.61. The Balaban J connectivity index is 2.22. The lowest BCUT2D eigenvalue weighted by atomic mass is 9.86. The van der Waals surface area contributed by atoms with Gasteiger partial charge >= 0.3 is 0 Å². The summed E-state index contributed by atoms with van der Waals surface area (Å²) in [6.45, 7) is 3.95. The molecule has 25 heavy (non-hydrogen) atoms. The van der Waals surface area contributed by atoms with Gasteiger partial charge in [0.25, 0.3) is 11.6 Å². The van der Waals surface area contributed by atoms with Gasteiger partial charge in [-0.25, -0.2) is 0 Å². The van der Waals surface area contributed by atoms with Crippen molar-refractivity contribution >= 4 is 17.7 Å². The molecule has 0 bridgehead atoms. The molecule has 1 saturated carbocycles. The number of aryl methyl sites for hydroxylation is 1. The van der Waals surface area contributed by atoms with Gasteiger partial charge in [0.2, 0.25) is 0 Å². The highest BCUT2D eigenvalue weighted by molar-refractivity contribution is 6.01. The van der Waals surface area contributed by atoms with E-state index in [0.717, 1.165) is 19.3 Å². The van der Waals surface area contributed by atoms with Crippen LogP contribution < -0.4 is 5.32 Å². The van der Waals surface area contributed by atoms with Crippen LogP contribution in [0.2, 0.25) is 0 Å². The zero-order valence-electron chi connectivity index (χ0n) is 14.6. The van der Waals surface area contributed by atoms with Crippen LogP contribution in [0.1, 0.15) is 50.7 Å². The minimum atomic E-state index is -0.438. The number of rotatable bonds is 5. The van der Waals surface area contributed by atoms with Crippen molar-refractivity contribution in [3.8, 4) is 6.07 Å². The SMILES string of the molecule is CCc1ccc(/C=C(\C#N)C(=O)N[C@H]2CCCC[C@@H]2C)cc1[N+](=O)[O-]. The first-order valence-electron chi connectivity index (χ1n) is 8.66. The first kappa shape index (κ1) is 18.7. The molecule has 0 radical (unpaired) electrons. The van der Waals surface area contributed by atoms with Gasteiger partial charge in [0.05, 0.1) is 4.92 Å². The molecular formula is C19H23N3O3. The Bertz CT molecular complexity index is 734. The fraction of sp³-hybridized carbons (Fsp3) is 0.474. The molecule has 2 rings (SSSR count). The second kappa shape index (κ2) is 8.43. The molecule has 0 heterocycles. The van der Waals surface area contributed by atoms with E-state index in [2.05, 4.69) is 12.2 Å². The summed E-state index contributed by atoms with van der Waals surface area (Å²) in [6.07, 6.45) is 6.19. The summed E-state index contributed by atoms with van der Waals surface area (Å²) in [5.74, 6) is -0.0222. The molecule has 0 aliphatic heterocycles. The Kier molecular flexibility index (Phi) is 6.29. The van der Waals surface area contributed by atoms with Crippen molar-refractivity contribution in [1.29, 1.82) is 5.26 Å². The van der Waals surface area contributed by atoms with Gasteiger partial charge in [-0.2, -0.15) is 5.26 Å². The van der Waals surface area contributed by atoms with Crippen LogP contribution in [0.5, 0.6) is 0 Å². The van der Waals surface area contributed by atoms with E-state index < -0.39 is 10.8 Å². The number of nitro groups is 1. The van der Waals surface area contributed by atoms with Crippen LogP contribution in [0.25, 0.3) is 6.08 Å². The predicted octanol–water partition coefficient (Wildman–Crippen LogP) is 3.76. The minimum absolute atomic E-state index is 0.00912. The number of nitro benzene ring substituents is 1. The number of carbonyl (C=O) groups excluding carboxylic acids is 1. The number of nitrogens with zero attached hydrogens (tertiary/aromatic N) is 2. The van der Waals surface area contributed by atoms with Crippen molar-refractivity contribution < 1.29 is 9.72 Å². The van der Waals surface area contributed by atoms with E-state index >= 15 is 0 Å². The Morgan fingerprint density at radius 3 is 2.76 bits per heavy atom. The fourth-order valence-electron chi connectivity index (χ4n) is 3.23. The maximum absolute atomic E-state index is 12.4. The maximum Gasteiger partial charge on any atom is 0.273 e. The summed E-state index contributed by atoms with van der Waals surface area (Å²) < 4.78 is 0. The second-order valence-electron chi connectivity index (χ2n) is 6.51. The van der Waals surface area contributed by atoms with Crippen molar-refractivity contribution in [1.82, 2.24) is 5.32 Å². The van der Waals surface area contributed by atoms with E-state index in [1.807, 2.05) is 13.0 Å². The maximum atomic E-state index is 12.4. The molecule has 6 nitrogen and oxygen atoms in total. The van der Waals surface area contributed by atoms with Gasteiger partial charge in [-0.15, -0.1) is 0 Å². The largest absolute Gasteiger partial charge is 0.348 e. The van der Waals surface area contributed by atoms with Crippen molar-refractivity contribution in [3.05, 3.63) is 45.0 Å². The Morgan fingerprint density at radius 2 is 2.16 bits per heavy atom. The summed E-state index contributed by atoms with van der Waals surface area (Å²) in [5.41, 5.74) is 1.08. The number of hydrogen-bond acceptors (Lipinski definition) is 4. The van der Waals surface area contributed by atoms with Gasteiger partial charge in [-0.1, -0.05) is 38.8 Å². The number of hydrogen-bond donors (Lipinski definition) is 1. The lowest BCUT2D eigenvalue weighted by molar-refractivity contribution is -0.385. The van der Waals surface area contributed by atoms with Crippen LogP contribution in [-0.4, -0.2) is 16.9 Å². The topological polar surface area (TPSA) is 96.0 Å². The normalized spacial score (nSPS) is 20.6. The van der Waals surface area contributed by atoms with Crippen LogP contribution >= 0.6 is 0 Å². The van der Waals surface area contributed by atoms with E-state index in [1.54, 1.807) is 12.1 Å². The highest BCUT2D eigenvalue weighted by Gasteiger charge is 2.24. The lowest BCUT2D eigenvalue weighted by Gasteiger charge is -2.29. The van der Waals surface area contributed by atoms with E-state index in [1.165, 1.54) is 18.6 Å². The smallest absolute Gasteiger partial charge is 0.273 e. The fourth-order valence-corrected chi connectivity index (χ4v) is 3.23. The molecule has 132 valence electrons. The standard InChI is InChI=1S/C19H23N3O3/c1-3-15-9-8-14(11-18(15)22(24)25)10-16(12-20)19(23)21-17-7-5-4-6-13(17)2/h8-11,13,17H,3-7H2,1-2H3,(H,21,23)/b16-10+/t13-,17-/m0/s1. The van der Waals surface area contributed by atoms with Gasteiger partial charge in [0.15, 0.2) is 0 Å². The van der Waals surface area contributed by atoms with Crippen molar-refractivity contribution in [3.63, 3.8) is 0 Å². The summed E-state index contributed by atoms with van der Waals surface area (Å²) >= 11 is 0. The second-order valence-corrected chi connectivity index (χ2v) is 6.51. The van der Waals surface area contributed by atoms with Gasteiger partial charge in [0, 0.05) is 17.7 Å². The molecule has 0 spiro atoms. The predicted molar refractivity (Wildman–Crippen MR) is 95.6 cm³/mol. The summed E-state index contributed by atoms with van der Waals surface area (Å²) in [7, 11) is 0. The van der Waals surface area contributed by atoms with E-state index in [0.29, 0.717) is 23.5 Å². The van der Waals surface area contributed by atoms with Crippen LogP contribution in [0.3, 0.4) is 0 Å². The van der Waals surface area contributed by atoms with Crippen molar-refractivity contribution in [2.24, 2.45) is 5.92 Å². The number of benzene rings is 1. The molecule has 1 aromatic rings. The van der Waals surface area contributed by atoms with Gasteiger partial charge in [-0.3, -0.25) is 14.9 Å². The Labute approximate surface area is 147 Å². The van der Waals surface area contributed by atoms with Crippen LogP contribution in [0, 0.1) is 27.4 Å². The molecule has 1 aromatic carbocycles. The molecule has 1 amide bonds. The summed E-state index contributed by atoms with van der Waals surface area (Å²) in [5, 5.41) is 23.4. The minimum Gasteiger partial charge on any atom is -0.348 e. The molecule has 0 saturated heterocycles. The van der Waals surface area contributed by atoms with E-state index in [9.17, 15) is 20.2 Å². The van der Waals surface area contributed by atoms with Crippen LogP contribution in [-0.2, 0) is 11.2 Å². The molecule has 1 aliphatic rings. The zero-order chi connectivity index (χ0) is 18.4. The van der Waals surface area contributed by atoms with Crippen molar-refractivity contribution in [2.45, 2.75) is 52.0 Å². The highest BCUT2D eigenvalue weighted by atomic mass is 16.6. The summed E-state index contributed by atoms with van der Waals surface area (Å²) in [6, 6.07) is 6.76. The quantitative estimate of drug-likeness (QED) is 0.382. The summed E-state index contributed by atoms with van der Waals surface area (Å²) in [4.78, 5) is 23.1. The first-order chi connectivity index (χ1) is 12.0. The lowest BCUT2D eigenvalue weighted by Crippen LogP contribution is -2.41. The molecule has 0 unspecified atom stereocenters. The first-order valence-corrected chi connectivity index (χ1v) is 8.66. The van der Waals surface area contributed by atoms with Gasteiger partial charge in [-0.05, 0) is 36.8 Å². The molecule has 2 atom stereocenters. The van der Waals surface area contributed by atoms with Crippen LogP contribution in [0.4, 0.5) is 5.69 Å². The Morgan fingerprint density at radius 1 is 1.44 bits per heavy atom. The van der Waals surface area contributed by atoms with E-state index in [4.69, 9.17) is 0 Å². The van der Waals surface area contributed by atoms with E-state index in [-0.39, 0.29) is 17.3 Å². The number of carbonyl (C=O) groups is 1. The molecule has 6 heteroatoms. The molecular weight excluding hydrogens is 318 g/mol.